The first-order valence-corrected chi connectivity index (χ1v) is 8.36. The van der Waals surface area contributed by atoms with E-state index in [1.807, 2.05) is 24.3 Å². The molecule has 4 rings (SSSR count). The number of aliphatic imine (C=N–C) groups is 1. The van der Waals surface area contributed by atoms with Crippen molar-refractivity contribution in [2.24, 2.45) is 10.7 Å². The van der Waals surface area contributed by atoms with E-state index in [0.717, 1.165) is 10.9 Å². The Balaban J connectivity index is 1.91. The topological polar surface area (TPSA) is 95.3 Å². The molecule has 0 atom stereocenters. The molecule has 0 saturated heterocycles. The molecule has 0 fully saturated rings. The average molecular weight is 351 g/mol. The quantitative estimate of drug-likeness (QED) is 0.581. The number of aromatic amines is 1. The molecule has 0 radical (unpaired) electrons. The van der Waals surface area contributed by atoms with Gasteiger partial charge in [0.1, 0.15) is 12.4 Å². The number of fused-ring (bicyclic) bond motifs is 3. The molecule has 26 heavy (non-hydrogen) atoms. The minimum atomic E-state index is -0.353. The maximum absolute atomic E-state index is 13.8. The molecule has 6 nitrogen and oxygen atoms in total. The number of hydrogen-bond acceptors (Lipinski definition) is 4. The third-order valence-corrected chi connectivity index (χ3v) is 4.28. The molecule has 1 aromatic heterocycles. The molecule has 5 N–H and O–H groups in total. The van der Waals surface area contributed by atoms with Crippen molar-refractivity contribution in [1.29, 1.82) is 0 Å². The second kappa shape index (κ2) is 6.61. The second-order valence-electron chi connectivity index (χ2n) is 6.04. The first-order chi connectivity index (χ1) is 12.7. The Morgan fingerprint density at radius 2 is 2.08 bits per heavy atom. The first kappa shape index (κ1) is 16.3. The van der Waals surface area contributed by atoms with Crippen molar-refractivity contribution in [1.82, 2.24) is 4.98 Å². The number of nitrogens with zero attached hydrogens (tertiary/aromatic N) is 1. The van der Waals surface area contributed by atoms with Crippen LogP contribution in [0.3, 0.4) is 0 Å². The van der Waals surface area contributed by atoms with Crippen LogP contribution in [0.25, 0.3) is 10.9 Å². The summed E-state index contributed by atoms with van der Waals surface area (Å²) in [4.78, 5) is 20.0. The van der Waals surface area contributed by atoms with E-state index in [-0.39, 0.29) is 18.3 Å². The average Bonchev–Trinajstić information content (AvgIpc) is 2.91. The highest BCUT2D eigenvalue weighted by atomic mass is 19.1. The summed E-state index contributed by atoms with van der Waals surface area (Å²) in [5.74, 6) is -0.543. The van der Waals surface area contributed by atoms with Crippen molar-refractivity contribution < 1.29 is 9.18 Å². The number of nitrogens with one attached hydrogen (secondary N) is 3. The van der Waals surface area contributed by atoms with Crippen molar-refractivity contribution in [3.8, 4) is 0 Å². The van der Waals surface area contributed by atoms with Crippen LogP contribution in [0.1, 0.15) is 11.3 Å². The summed E-state index contributed by atoms with van der Waals surface area (Å²) in [6.45, 7) is 0.917. The Labute approximate surface area is 149 Å². The number of amides is 1. The molecule has 2 aromatic carbocycles. The van der Waals surface area contributed by atoms with Crippen LogP contribution in [0.5, 0.6) is 0 Å². The van der Waals surface area contributed by atoms with Crippen LogP contribution in [0.2, 0.25) is 0 Å². The number of halogens is 1. The molecule has 3 aromatic rings. The van der Waals surface area contributed by atoms with Crippen LogP contribution in [0.4, 0.5) is 15.8 Å². The Bertz CT molecular complexity index is 1020. The molecule has 1 aliphatic heterocycles. The van der Waals surface area contributed by atoms with Gasteiger partial charge in [-0.25, -0.2) is 4.39 Å². The van der Waals surface area contributed by atoms with E-state index in [4.69, 9.17) is 5.73 Å². The number of rotatable bonds is 4. The van der Waals surface area contributed by atoms with Gasteiger partial charge in [-0.1, -0.05) is 18.2 Å². The number of carbonyl (C=O) groups is 1. The zero-order valence-electron chi connectivity index (χ0n) is 14.0. The van der Waals surface area contributed by atoms with E-state index in [0.29, 0.717) is 41.4 Å². The Hall–Kier alpha value is -3.19. The predicted molar refractivity (Wildman–Crippen MR) is 101 cm³/mol. The highest BCUT2D eigenvalue weighted by Crippen LogP contribution is 2.32. The lowest BCUT2D eigenvalue weighted by atomic mass is 10.0. The van der Waals surface area contributed by atoms with E-state index in [9.17, 15) is 9.18 Å². The summed E-state index contributed by atoms with van der Waals surface area (Å²) < 4.78 is 13.8. The van der Waals surface area contributed by atoms with Gasteiger partial charge in [-0.15, -0.1) is 0 Å². The Kier molecular flexibility index (Phi) is 4.14. The van der Waals surface area contributed by atoms with E-state index in [1.54, 1.807) is 6.07 Å². The summed E-state index contributed by atoms with van der Waals surface area (Å²) in [6, 6.07) is 12.2. The summed E-state index contributed by atoms with van der Waals surface area (Å²) in [6.07, 6.45) is 0. The number of benzene rings is 2. The van der Waals surface area contributed by atoms with Gasteiger partial charge in [0.25, 0.3) is 0 Å². The third kappa shape index (κ3) is 2.82. The second-order valence-corrected chi connectivity index (χ2v) is 6.04. The van der Waals surface area contributed by atoms with Crippen LogP contribution in [0.15, 0.2) is 47.5 Å². The highest BCUT2D eigenvalue weighted by molar-refractivity contribution is 6.24. The summed E-state index contributed by atoms with van der Waals surface area (Å²) in [5.41, 5.74) is 9.77. The number of para-hydroxylation sites is 1. The molecule has 2 heterocycles. The number of nitrogens with two attached hydrogens (primary N) is 1. The van der Waals surface area contributed by atoms with Crippen molar-refractivity contribution in [3.05, 3.63) is 59.5 Å². The fourth-order valence-electron chi connectivity index (χ4n) is 3.15. The molecule has 1 amide bonds. The Morgan fingerprint density at radius 1 is 1.23 bits per heavy atom. The molecule has 0 saturated carbocycles. The molecule has 1 aliphatic rings. The monoisotopic (exact) mass is 351 g/mol. The maximum Gasteiger partial charge on any atom is 0.246 e. The zero-order valence-corrected chi connectivity index (χ0v) is 14.0. The van der Waals surface area contributed by atoms with E-state index in [1.165, 1.54) is 12.1 Å². The fourth-order valence-corrected chi connectivity index (χ4v) is 3.15. The molecular formula is C19H18FN5O. The van der Waals surface area contributed by atoms with Crippen molar-refractivity contribution >= 4 is 33.9 Å². The van der Waals surface area contributed by atoms with Gasteiger partial charge in [-0.2, -0.15) is 0 Å². The maximum atomic E-state index is 13.8. The van der Waals surface area contributed by atoms with Crippen LogP contribution >= 0.6 is 0 Å². The van der Waals surface area contributed by atoms with Crippen LogP contribution in [0, 0.1) is 5.82 Å². The lowest BCUT2D eigenvalue weighted by molar-refractivity contribution is -0.114. The van der Waals surface area contributed by atoms with Gasteiger partial charge in [0, 0.05) is 35.2 Å². The Morgan fingerprint density at radius 3 is 2.92 bits per heavy atom. The molecule has 0 bridgehead atoms. The fraction of sp³-hybridized carbons (Fsp3) is 0.158. The summed E-state index contributed by atoms with van der Waals surface area (Å²) >= 11 is 0. The van der Waals surface area contributed by atoms with E-state index >= 15 is 0 Å². The third-order valence-electron chi connectivity index (χ3n) is 4.28. The van der Waals surface area contributed by atoms with E-state index in [2.05, 4.69) is 20.6 Å². The number of hydrogen-bond donors (Lipinski definition) is 4. The highest BCUT2D eigenvalue weighted by Gasteiger charge is 2.24. The van der Waals surface area contributed by atoms with Gasteiger partial charge in [0.05, 0.1) is 17.1 Å². The van der Waals surface area contributed by atoms with Crippen LogP contribution in [-0.4, -0.2) is 36.2 Å². The van der Waals surface area contributed by atoms with Gasteiger partial charge in [-0.05, 0) is 24.3 Å². The van der Waals surface area contributed by atoms with Gasteiger partial charge in [0.15, 0.2) is 0 Å². The van der Waals surface area contributed by atoms with Gasteiger partial charge in [0.2, 0.25) is 5.91 Å². The smallest absolute Gasteiger partial charge is 0.246 e. The minimum absolute atomic E-state index is 0.000114. The standard InChI is InChI=1S/C19H18FN5O/c20-11-5-6-13(15(9-11)22-8-7-21)17-19-18(25-16(26)10-23-17)12-3-1-2-4-14(12)24-19/h1-6,9,22,24H,7-8,10,21H2,(H,25,26). The molecule has 0 aliphatic carbocycles. The first-order valence-electron chi connectivity index (χ1n) is 8.36. The predicted octanol–water partition coefficient (Wildman–Crippen LogP) is 2.47. The molecule has 0 unspecified atom stereocenters. The largest absolute Gasteiger partial charge is 0.383 e. The van der Waals surface area contributed by atoms with Gasteiger partial charge in [-0.3, -0.25) is 9.79 Å². The zero-order chi connectivity index (χ0) is 18.1. The van der Waals surface area contributed by atoms with Gasteiger partial charge < -0.3 is 21.4 Å². The van der Waals surface area contributed by atoms with E-state index < -0.39 is 0 Å². The normalized spacial score (nSPS) is 13.8. The number of carbonyl (C=O) groups excluding carboxylic acids is 1. The number of H-pyrrole nitrogens is 1. The summed E-state index contributed by atoms with van der Waals surface area (Å²) in [5, 5.41) is 6.96. The minimum Gasteiger partial charge on any atom is -0.383 e. The number of anilines is 2. The van der Waals surface area contributed by atoms with Crippen molar-refractivity contribution in [3.63, 3.8) is 0 Å². The molecule has 132 valence electrons. The van der Waals surface area contributed by atoms with Crippen molar-refractivity contribution in [2.75, 3.05) is 30.3 Å². The van der Waals surface area contributed by atoms with Crippen molar-refractivity contribution in [2.45, 2.75) is 0 Å². The molecule has 7 heteroatoms. The molecular weight excluding hydrogens is 333 g/mol. The number of aromatic nitrogens is 1. The lowest BCUT2D eigenvalue weighted by Gasteiger charge is -2.13. The van der Waals surface area contributed by atoms with Crippen LogP contribution in [-0.2, 0) is 4.79 Å². The summed E-state index contributed by atoms with van der Waals surface area (Å²) in [7, 11) is 0. The van der Waals surface area contributed by atoms with Crippen LogP contribution < -0.4 is 16.4 Å². The lowest BCUT2D eigenvalue weighted by Crippen LogP contribution is -2.16. The molecule has 0 spiro atoms. The SMILES string of the molecule is NCCNc1cc(F)ccc1C1=NCC(=O)Nc2c1[nH]c1ccccc21. The van der Waals surface area contributed by atoms with Gasteiger partial charge >= 0.3 is 0 Å².